The number of benzene rings is 1. The summed E-state index contributed by atoms with van der Waals surface area (Å²) in [6.07, 6.45) is 2.01. The van der Waals surface area contributed by atoms with E-state index in [0.29, 0.717) is 0 Å². The van der Waals surface area contributed by atoms with Crippen molar-refractivity contribution in [2.45, 2.75) is 26.7 Å². The molecule has 0 aliphatic rings. The van der Waals surface area contributed by atoms with Gasteiger partial charge in [-0.05, 0) is 50.9 Å². The molecule has 3 heteroatoms. The van der Waals surface area contributed by atoms with Crippen LogP contribution >= 0.6 is 0 Å². The highest BCUT2D eigenvalue weighted by Gasteiger charge is 2.11. The highest BCUT2D eigenvalue weighted by Crippen LogP contribution is 2.24. The maximum absolute atomic E-state index is 5.65. The Bertz CT molecular complexity index is 533. The zero-order valence-electron chi connectivity index (χ0n) is 11.9. The molecule has 2 aromatic rings. The maximum Gasteiger partial charge on any atom is 0.132 e. The molecule has 1 aromatic heterocycles. The minimum atomic E-state index is 0.727. The third kappa shape index (κ3) is 3.04. The van der Waals surface area contributed by atoms with Gasteiger partial charge in [0.05, 0.1) is 5.52 Å². The Balaban J connectivity index is 2.49. The summed E-state index contributed by atoms with van der Waals surface area (Å²) in [6, 6.07) is 10.6. The lowest BCUT2D eigenvalue weighted by Crippen LogP contribution is -2.24. The Morgan fingerprint density at radius 1 is 1.16 bits per heavy atom. The van der Waals surface area contributed by atoms with Gasteiger partial charge in [-0.25, -0.2) is 4.98 Å². The molecule has 0 aliphatic heterocycles. The van der Waals surface area contributed by atoms with Gasteiger partial charge in [-0.3, -0.25) is 0 Å². The molecule has 0 spiro atoms. The van der Waals surface area contributed by atoms with E-state index in [1.54, 1.807) is 0 Å². The number of aryl methyl sites for hydroxylation is 1. The number of rotatable bonds is 6. The van der Waals surface area contributed by atoms with Gasteiger partial charge in [0.2, 0.25) is 0 Å². The molecule has 19 heavy (non-hydrogen) atoms. The first kappa shape index (κ1) is 13.8. The number of nitrogens with zero attached hydrogens (tertiary/aromatic N) is 2. The molecule has 0 bridgehead atoms. The maximum atomic E-state index is 5.65. The largest absolute Gasteiger partial charge is 0.357 e. The van der Waals surface area contributed by atoms with Crippen molar-refractivity contribution in [3.8, 4) is 0 Å². The van der Waals surface area contributed by atoms with Gasteiger partial charge in [0.1, 0.15) is 5.82 Å². The van der Waals surface area contributed by atoms with Crippen LogP contribution in [-0.2, 0) is 6.42 Å². The highest BCUT2D eigenvalue weighted by atomic mass is 15.2. The van der Waals surface area contributed by atoms with Crippen LogP contribution in [0.2, 0.25) is 0 Å². The van der Waals surface area contributed by atoms with Crippen LogP contribution in [0, 0.1) is 0 Å². The topological polar surface area (TPSA) is 42.2 Å². The van der Waals surface area contributed by atoms with Crippen molar-refractivity contribution in [3.63, 3.8) is 0 Å². The monoisotopic (exact) mass is 257 g/mol. The quantitative estimate of drug-likeness (QED) is 0.865. The van der Waals surface area contributed by atoms with Crippen molar-refractivity contribution in [2.24, 2.45) is 5.73 Å². The van der Waals surface area contributed by atoms with E-state index in [1.165, 1.54) is 10.9 Å². The molecule has 0 aliphatic carbocycles. The predicted octanol–water partition coefficient (Wildman–Crippen LogP) is 2.97. The van der Waals surface area contributed by atoms with E-state index in [9.17, 15) is 0 Å². The summed E-state index contributed by atoms with van der Waals surface area (Å²) < 4.78 is 0. The zero-order chi connectivity index (χ0) is 13.7. The van der Waals surface area contributed by atoms with Crippen molar-refractivity contribution >= 4 is 16.7 Å². The first-order valence-electron chi connectivity index (χ1n) is 7.13. The van der Waals surface area contributed by atoms with Gasteiger partial charge < -0.3 is 10.6 Å². The Morgan fingerprint density at radius 2 is 1.89 bits per heavy atom. The second kappa shape index (κ2) is 6.53. The Labute approximate surface area is 115 Å². The molecule has 0 unspecified atom stereocenters. The standard InChI is InChI=1S/C16H23N3/c1-3-19(4-2)16-14(9-7-11-17)12-13-8-5-6-10-15(13)18-16/h5-6,8,10,12H,3-4,7,9,11,17H2,1-2H3. The number of aromatic nitrogens is 1. The summed E-state index contributed by atoms with van der Waals surface area (Å²) in [7, 11) is 0. The van der Waals surface area contributed by atoms with Crippen LogP contribution < -0.4 is 10.6 Å². The number of hydrogen-bond donors (Lipinski definition) is 1. The molecule has 0 amide bonds. The average molecular weight is 257 g/mol. The molecule has 0 saturated heterocycles. The van der Waals surface area contributed by atoms with Crippen molar-refractivity contribution in [1.82, 2.24) is 4.98 Å². The lowest BCUT2D eigenvalue weighted by atomic mass is 10.1. The molecule has 2 rings (SSSR count). The third-order valence-corrected chi connectivity index (χ3v) is 3.49. The normalized spacial score (nSPS) is 10.9. The van der Waals surface area contributed by atoms with Crippen LogP contribution in [0.1, 0.15) is 25.8 Å². The van der Waals surface area contributed by atoms with E-state index < -0.39 is 0 Å². The molecule has 102 valence electrons. The predicted molar refractivity (Wildman–Crippen MR) is 82.7 cm³/mol. The molecule has 1 aromatic carbocycles. The summed E-state index contributed by atoms with van der Waals surface area (Å²) in [4.78, 5) is 7.17. The van der Waals surface area contributed by atoms with Gasteiger partial charge in [0.25, 0.3) is 0 Å². The number of anilines is 1. The zero-order valence-corrected chi connectivity index (χ0v) is 11.9. The fourth-order valence-electron chi connectivity index (χ4n) is 2.42. The molecule has 0 atom stereocenters. The van der Waals surface area contributed by atoms with E-state index in [4.69, 9.17) is 10.7 Å². The highest BCUT2D eigenvalue weighted by molar-refractivity contribution is 5.81. The van der Waals surface area contributed by atoms with Crippen LogP contribution in [0.4, 0.5) is 5.82 Å². The van der Waals surface area contributed by atoms with Crippen molar-refractivity contribution in [2.75, 3.05) is 24.5 Å². The summed E-state index contributed by atoms with van der Waals surface area (Å²) >= 11 is 0. The second-order valence-electron chi connectivity index (χ2n) is 4.73. The number of fused-ring (bicyclic) bond motifs is 1. The van der Waals surface area contributed by atoms with Gasteiger partial charge >= 0.3 is 0 Å². The number of nitrogens with two attached hydrogens (primary N) is 1. The van der Waals surface area contributed by atoms with Gasteiger partial charge in [-0.1, -0.05) is 18.2 Å². The summed E-state index contributed by atoms with van der Waals surface area (Å²) in [6.45, 7) is 7.04. The number of hydrogen-bond acceptors (Lipinski definition) is 3. The molecular weight excluding hydrogens is 234 g/mol. The molecular formula is C16H23N3. The Hall–Kier alpha value is -1.61. The fourth-order valence-corrected chi connectivity index (χ4v) is 2.42. The molecule has 3 nitrogen and oxygen atoms in total. The number of para-hydroxylation sites is 1. The van der Waals surface area contributed by atoms with Crippen molar-refractivity contribution in [1.29, 1.82) is 0 Å². The minimum absolute atomic E-state index is 0.727. The summed E-state index contributed by atoms with van der Waals surface area (Å²) in [5.74, 6) is 1.12. The van der Waals surface area contributed by atoms with Gasteiger partial charge in [-0.2, -0.15) is 0 Å². The van der Waals surface area contributed by atoms with Gasteiger partial charge in [-0.15, -0.1) is 0 Å². The van der Waals surface area contributed by atoms with E-state index in [0.717, 1.165) is 43.8 Å². The first-order chi connectivity index (χ1) is 9.30. The molecule has 0 fully saturated rings. The van der Waals surface area contributed by atoms with Crippen molar-refractivity contribution in [3.05, 3.63) is 35.9 Å². The van der Waals surface area contributed by atoms with E-state index in [-0.39, 0.29) is 0 Å². The summed E-state index contributed by atoms with van der Waals surface area (Å²) in [5, 5.41) is 1.21. The van der Waals surface area contributed by atoms with Crippen LogP contribution in [0.5, 0.6) is 0 Å². The SMILES string of the molecule is CCN(CC)c1nc2ccccc2cc1CCCN. The Morgan fingerprint density at radius 3 is 2.58 bits per heavy atom. The second-order valence-corrected chi connectivity index (χ2v) is 4.73. The summed E-state index contributed by atoms with van der Waals surface area (Å²) in [5.41, 5.74) is 8.03. The minimum Gasteiger partial charge on any atom is -0.357 e. The van der Waals surface area contributed by atoms with Gasteiger partial charge in [0.15, 0.2) is 0 Å². The fraction of sp³-hybridized carbons (Fsp3) is 0.438. The Kier molecular flexibility index (Phi) is 4.74. The lowest BCUT2D eigenvalue weighted by Gasteiger charge is -2.23. The average Bonchev–Trinajstić information content (AvgIpc) is 2.46. The molecule has 2 N–H and O–H groups in total. The molecule has 0 saturated carbocycles. The van der Waals surface area contributed by atoms with Crippen molar-refractivity contribution < 1.29 is 0 Å². The van der Waals surface area contributed by atoms with E-state index in [2.05, 4.69) is 43.0 Å². The first-order valence-corrected chi connectivity index (χ1v) is 7.13. The smallest absolute Gasteiger partial charge is 0.132 e. The lowest BCUT2D eigenvalue weighted by molar-refractivity contribution is 0.800. The van der Waals surface area contributed by atoms with Crippen LogP contribution in [0.3, 0.4) is 0 Å². The van der Waals surface area contributed by atoms with Crippen LogP contribution in [-0.4, -0.2) is 24.6 Å². The number of pyridine rings is 1. The third-order valence-electron chi connectivity index (χ3n) is 3.49. The molecule has 0 radical (unpaired) electrons. The van der Waals surface area contributed by atoms with Gasteiger partial charge in [0, 0.05) is 18.5 Å². The molecule has 1 heterocycles. The van der Waals surface area contributed by atoms with Crippen LogP contribution in [0.25, 0.3) is 10.9 Å². The van der Waals surface area contributed by atoms with E-state index >= 15 is 0 Å². The van der Waals surface area contributed by atoms with E-state index in [1.807, 2.05) is 6.07 Å². The van der Waals surface area contributed by atoms with Crippen LogP contribution in [0.15, 0.2) is 30.3 Å².